The van der Waals surface area contributed by atoms with Crippen LogP contribution in [-0.4, -0.2) is 90.9 Å². The summed E-state index contributed by atoms with van der Waals surface area (Å²) in [6.07, 6.45) is -4.96. The fraction of sp³-hybridized carbons (Fsp3) is 0.571. The van der Waals surface area contributed by atoms with Crippen molar-refractivity contribution >= 4 is 35.8 Å². The van der Waals surface area contributed by atoms with Crippen LogP contribution in [0.1, 0.15) is 25.7 Å². The summed E-state index contributed by atoms with van der Waals surface area (Å²) in [5.74, 6) is -9.95. The van der Waals surface area contributed by atoms with Crippen LogP contribution in [0.25, 0.3) is 0 Å². The summed E-state index contributed by atoms with van der Waals surface area (Å²) >= 11 is 0. The smallest absolute Gasteiger partial charge is 0.336 e. The number of carbonyl (C=O) groups is 6. The molecule has 0 saturated heterocycles. The molecule has 158 valence electrons. The van der Waals surface area contributed by atoms with Gasteiger partial charge in [-0.3, -0.25) is 19.2 Å². The zero-order valence-corrected chi connectivity index (χ0v) is 14.2. The van der Waals surface area contributed by atoms with E-state index in [9.17, 15) is 39.0 Å². The van der Waals surface area contributed by atoms with E-state index in [4.69, 9.17) is 20.4 Å². The molecule has 14 heteroatoms. The van der Waals surface area contributed by atoms with Crippen LogP contribution >= 0.6 is 0 Å². The topological polar surface area (TPSA) is 242 Å². The molecule has 0 radical (unpaired) electrons. The average Bonchev–Trinajstić information content (AvgIpc) is 2.49. The first-order chi connectivity index (χ1) is 12.7. The van der Waals surface area contributed by atoms with Gasteiger partial charge in [-0.15, -0.1) is 0 Å². The van der Waals surface area contributed by atoms with Gasteiger partial charge in [0, 0.05) is 0 Å². The van der Waals surface area contributed by atoms with Crippen LogP contribution in [0.4, 0.5) is 0 Å². The van der Waals surface area contributed by atoms with Gasteiger partial charge < -0.3 is 40.1 Å². The van der Waals surface area contributed by atoms with Crippen molar-refractivity contribution < 1.29 is 68.9 Å². The highest BCUT2D eigenvalue weighted by Crippen LogP contribution is 2.18. The van der Waals surface area contributed by atoms with Crippen LogP contribution in [-0.2, 0) is 38.2 Å². The lowest BCUT2D eigenvalue weighted by molar-refractivity contribution is -0.174. The average molecular weight is 410 g/mol. The lowest BCUT2D eigenvalue weighted by atomic mass is 9.96. The van der Waals surface area contributed by atoms with Crippen LogP contribution in [0.5, 0.6) is 0 Å². The molecule has 0 heterocycles. The number of hydrogen-bond acceptors (Lipinski definition) is 10. The molecule has 0 amide bonds. The molecule has 0 fully saturated rings. The van der Waals surface area contributed by atoms with E-state index < -0.39 is 85.9 Å². The van der Waals surface area contributed by atoms with Crippen molar-refractivity contribution in [3.05, 3.63) is 0 Å². The Bertz CT molecular complexity index is 598. The quantitative estimate of drug-likeness (QED) is 0.135. The largest absolute Gasteiger partial charge is 0.481 e. The summed E-state index contributed by atoms with van der Waals surface area (Å²) < 4.78 is 8.91. The molecular weight excluding hydrogens is 392 g/mol. The van der Waals surface area contributed by atoms with Gasteiger partial charge >= 0.3 is 35.8 Å². The molecule has 0 aromatic carbocycles. The van der Waals surface area contributed by atoms with Crippen LogP contribution in [0.3, 0.4) is 0 Å². The SMILES string of the molecule is O=C(O)CC(O)(CC(=O)OCCOC(=O)CC(O)(CC(=O)O)C(=O)O)C(=O)O. The van der Waals surface area contributed by atoms with Crippen molar-refractivity contribution in [3.8, 4) is 0 Å². The highest BCUT2D eigenvalue weighted by Gasteiger charge is 2.42. The maximum Gasteiger partial charge on any atom is 0.336 e. The minimum atomic E-state index is -2.91. The number of carboxylic acid groups (broad SMARTS) is 4. The standard InChI is InChI=1S/C14H18O14/c15-7(16)3-13(25,11(21)22)5-9(19)27-1-2-28-10(20)6-14(26,12(23)24)4-8(17)18/h25-26H,1-6H2,(H,15,16)(H,17,18)(H,21,22)(H,23,24). The number of ether oxygens (including phenoxy) is 2. The second kappa shape index (κ2) is 10.2. The molecule has 0 saturated carbocycles. The molecule has 2 atom stereocenters. The van der Waals surface area contributed by atoms with Crippen LogP contribution < -0.4 is 0 Å². The van der Waals surface area contributed by atoms with Crippen molar-refractivity contribution in [2.75, 3.05) is 13.2 Å². The molecule has 28 heavy (non-hydrogen) atoms. The Morgan fingerprint density at radius 1 is 0.571 bits per heavy atom. The molecule has 6 N–H and O–H groups in total. The Balaban J connectivity index is 4.50. The first-order valence-electron chi connectivity index (χ1n) is 7.38. The third kappa shape index (κ3) is 8.41. The fourth-order valence-electron chi connectivity index (χ4n) is 1.82. The monoisotopic (exact) mass is 410 g/mol. The van der Waals surface area contributed by atoms with Gasteiger partial charge in [0.1, 0.15) is 13.2 Å². The van der Waals surface area contributed by atoms with Crippen molar-refractivity contribution in [2.45, 2.75) is 36.9 Å². The number of esters is 2. The van der Waals surface area contributed by atoms with E-state index in [2.05, 4.69) is 9.47 Å². The van der Waals surface area contributed by atoms with Gasteiger partial charge in [0.25, 0.3) is 0 Å². The van der Waals surface area contributed by atoms with Crippen molar-refractivity contribution in [3.63, 3.8) is 0 Å². The first-order valence-corrected chi connectivity index (χ1v) is 7.38. The number of carbonyl (C=O) groups excluding carboxylic acids is 2. The third-order valence-electron chi connectivity index (χ3n) is 3.17. The summed E-state index contributed by atoms with van der Waals surface area (Å²) in [5.41, 5.74) is -5.82. The molecule has 0 aliphatic heterocycles. The van der Waals surface area contributed by atoms with E-state index in [-0.39, 0.29) is 0 Å². The van der Waals surface area contributed by atoms with Gasteiger partial charge in [0.2, 0.25) is 0 Å². The predicted octanol–water partition coefficient (Wildman–Crippen LogP) is -2.57. The van der Waals surface area contributed by atoms with E-state index in [1.54, 1.807) is 0 Å². The molecule has 0 aromatic rings. The van der Waals surface area contributed by atoms with E-state index in [0.29, 0.717) is 0 Å². The minimum absolute atomic E-state index is 0.669. The minimum Gasteiger partial charge on any atom is -0.481 e. The Hall–Kier alpha value is -3.26. The predicted molar refractivity (Wildman–Crippen MR) is 80.8 cm³/mol. The Kier molecular flexibility index (Phi) is 8.99. The Labute approximate surface area is 155 Å². The number of hydrogen-bond donors (Lipinski definition) is 6. The molecule has 14 nitrogen and oxygen atoms in total. The third-order valence-corrected chi connectivity index (χ3v) is 3.17. The van der Waals surface area contributed by atoms with Gasteiger partial charge in [0.15, 0.2) is 11.2 Å². The Morgan fingerprint density at radius 3 is 1.07 bits per heavy atom. The highest BCUT2D eigenvalue weighted by molar-refractivity contribution is 5.89. The fourth-order valence-corrected chi connectivity index (χ4v) is 1.82. The van der Waals surface area contributed by atoms with Gasteiger partial charge in [-0.2, -0.15) is 0 Å². The van der Waals surface area contributed by atoms with Crippen molar-refractivity contribution in [2.24, 2.45) is 0 Å². The van der Waals surface area contributed by atoms with Crippen molar-refractivity contribution in [1.29, 1.82) is 0 Å². The maximum absolute atomic E-state index is 11.5. The summed E-state index contributed by atoms with van der Waals surface area (Å²) in [4.78, 5) is 65.7. The zero-order chi connectivity index (χ0) is 22.1. The highest BCUT2D eigenvalue weighted by atomic mass is 16.6. The van der Waals surface area contributed by atoms with Gasteiger partial charge in [-0.05, 0) is 0 Å². The second-order valence-corrected chi connectivity index (χ2v) is 5.61. The Morgan fingerprint density at radius 2 is 0.857 bits per heavy atom. The first kappa shape index (κ1) is 24.7. The normalized spacial score (nSPS) is 14.8. The van der Waals surface area contributed by atoms with Gasteiger partial charge in [-0.1, -0.05) is 0 Å². The number of aliphatic hydroxyl groups is 2. The van der Waals surface area contributed by atoms with E-state index >= 15 is 0 Å². The molecular formula is C14H18O14. The van der Waals surface area contributed by atoms with E-state index in [0.717, 1.165) is 0 Å². The zero-order valence-electron chi connectivity index (χ0n) is 14.2. The van der Waals surface area contributed by atoms with Crippen molar-refractivity contribution in [1.82, 2.24) is 0 Å². The number of aliphatic carboxylic acids is 4. The molecule has 0 rings (SSSR count). The number of carboxylic acids is 4. The summed E-state index contributed by atoms with van der Waals surface area (Å²) in [7, 11) is 0. The van der Waals surface area contributed by atoms with Crippen LogP contribution in [0.2, 0.25) is 0 Å². The van der Waals surface area contributed by atoms with Gasteiger partial charge in [-0.25, -0.2) is 9.59 Å². The van der Waals surface area contributed by atoms with Crippen LogP contribution in [0, 0.1) is 0 Å². The second-order valence-electron chi connectivity index (χ2n) is 5.61. The molecule has 0 aliphatic rings. The summed E-state index contributed by atoms with van der Waals surface area (Å²) in [5, 5.41) is 53.9. The van der Waals surface area contributed by atoms with Gasteiger partial charge in [0.05, 0.1) is 25.7 Å². The molecule has 2 unspecified atom stereocenters. The summed E-state index contributed by atoms with van der Waals surface area (Å²) in [6, 6.07) is 0. The molecule has 0 bridgehead atoms. The molecule has 0 aliphatic carbocycles. The maximum atomic E-state index is 11.5. The lowest BCUT2D eigenvalue weighted by Gasteiger charge is -2.21. The lowest BCUT2D eigenvalue weighted by Crippen LogP contribution is -2.43. The number of rotatable bonds is 13. The summed E-state index contributed by atoms with van der Waals surface area (Å²) in [6.45, 7) is -1.34. The van der Waals surface area contributed by atoms with Crippen LogP contribution in [0.15, 0.2) is 0 Å². The van der Waals surface area contributed by atoms with E-state index in [1.165, 1.54) is 0 Å². The molecule has 0 aromatic heterocycles. The molecule has 0 spiro atoms. The van der Waals surface area contributed by atoms with E-state index in [1.807, 2.05) is 0 Å².